The molecule has 0 radical (unpaired) electrons. The van der Waals surface area contributed by atoms with Gasteiger partial charge in [0.15, 0.2) is 0 Å². The summed E-state index contributed by atoms with van der Waals surface area (Å²) in [5, 5.41) is 0.126. The lowest BCUT2D eigenvalue weighted by atomic mass is 10.2. The van der Waals surface area contributed by atoms with Gasteiger partial charge in [0.25, 0.3) is 0 Å². The maximum Gasteiger partial charge on any atom is 0.143 e. The van der Waals surface area contributed by atoms with Crippen molar-refractivity contribution in [2.45, 2.75) is 26.7 Å². The zero-order valence-corrected chi connectivity index (χ0v) is 10.5. The highest BCUT2D eigenvalue weighted by atomic mass is 35.5. The second kappa shape index (κ2) is 5.94. The first-order valence-electron chi connectivity index (χ1n) is 5.59. The molecule has 90 valence electrons. The zero-order valence-electron chi connectivity index (χ0n) is 9.76. The fourth-order valence-corrected chi connectivity index (χ4v) is 1.88. The van der Waals surface area contributed by atoms with Crippen molar-refractivity contribution >= 4 is 23.0 Å². The SMILES string of the molecule is CCCN(CCC)c1cc(Cl)c(F)cc1N. The highest BCUT2D eigenvalue weighted by molar-refractivity contribution is 6.31. The van der Waals surface area contributed by atoms with Crippen molar-refractivity contribution in [1.29, 1.82) is 0 Å². The first kappa shape index (κ1) is 13.1. The van der Waals surface area contributed by atoms with Crippen molar-refractivity contribution in [3.63, 3.8) is 0 Å². The van der Waals surface area contributed by atoms with E-state index in [4.69, 9.17) is 17.3 Å². The number of rotatable bonds is 5. The van der Waals surface area contributed by atoms with Crippen LogP contribution in [0.25, 0.3) is 0 Å². The molecule has 0 aromatic heterocycles. The van der Waals surface area contributed by atoms with Crippen LogP contribution in [0.4, 0.5) is 15.8 Å². The van der Waals surface area contributed by atoms with Gasteiger partial charge in [0.05, 0.1) is 16.4 Å². The minimum Gasteiger partial charge on any atom is -0.397 e. The Morgan fingerprint density at radius 3 is 2.31 bits per heavy atom. The summed E-state index contributed by atoms with van der Waals surface area (Å²) in [5.74, 6) is -0.462. The van der Waals surface area contributed by atoms with Gasteiger partial charge in [-0.3, -0.25) is 0 Å². The standard InChI is InChI=1S/C12H18ClFN2/c1-3-5-16(6-4-2)12-7-9(13)10(14)8-11(12)15/h7-8H,3-6,15H2,1-2H3. The van der Waals surface area contributed by atoms with Gasteiger partial charge in [-0.15, -0.1) is 0 Å². The summed E-state index contributed by atoms with van der Waals surface area (Å²) in [7, 11) is 0. The first-order valence-corrected chi connectivity index (χ1v) is 5.97. The van der Waals surface area contributed by atoms with E-state index >= 15 is 0 Å². The average molecular weight is 245 g/mol. The molecule has 16 heavy (non-hydrogen) atoms. The normalized spacial score (nSPS) is 10.5. The van der Waals surface area contributed by atoms with Crippen LogP contribution in [0.15, 0.2) is 12.1 Å². The number of hydrogen-bond donors (Lipinski definition) is 1. The van der Waals surface area contributed by atoms with Gasteiger partial charge >= 0.3 is 0 Å². The van der Waals surface area contributed by atoms with Crippen LogP contribution in [0.1, 0.15) is 26.7 Å². The van der Waals surface area contributed by atoms with E-state index in [2.05, 4.69) is 18.7 Å². The summed E-state index contributed by atoms with van der Waals surface area (Å²) in [6.45, 7) is 6.01. The maximum atomic E-state index is 13.2. The Hall–Kier alpha value is -0.960. The van der Waals surface area contributed by atoms with E-state index in [0.717, 1.165) is 31.6 Å². The van der Waals surface area contributed by atoms with Gasteiger partial charge in [0, 0.05) is 19.2 Å². The van der Waals surface area contributed by atoms with Gasteiger partial charge in [-0.2, -0.15) is 0 Å². The summed E-state index contributed by atoms with van der Waals surface area (Å²) in [6, 6.07) is 2.90. The van der Waals surface area contributed by atoms with Crippen LogP contribution < -0.4 is 10.6 Å². The van der Waals surface area contributed by atoms with Crippen molar-refractivity contribution < 1.29 is 4.39 Å². The molecule has 0 unspecified atom stereocenters. The molecule has 0 saturated heterocycles. The van der Waals surface area contributed by atoms with Crippen LogP contribution in [0.3, 0.4) is 0 Å². The second-order valence-electron chi connectivity index (χ2n) is 3.81. The number of nitrogen functional groups attached to an aromatic ring is 1. The molecule has 2 nitrogen and oxygen atoms in total. The molecule has 1 aromatic rings. The van der Waals surface area contributed by atoms with Gasteiger partial charge in [0.2, 0.25) is 0 Å². The van der Waals surface area contributed by atoms with Crippen molar-refractivity contribution in [3.8, 4) is 0 Å². The van der Waals surface area contributed by atoms with Crippen LogP contribution in [0, 0.1) is 5.82 Å². The van der Waals surface area contributed by atoms with E-state index in [0.29, 0.717) is 5.69 Å². The van der Waals surface area contributed by atoms with Gasteiger partial charge < -0.3 is 10.6 Å². The lowest BCUT2D eigenvalue weighted by Gasteiger charge is -2.25. The van der Waals surface area contributed by atoms with E-state index in [1.54, 1.807) is 6.07 Å². The molecule has 0 aliphatic heterocycles. The first-order chi connectivity index (χ1) is 7.60. The van der Waals surface area contributed by atoms with Crippen molar-refractivity contribution in [2.75, 3.05) is 23.7 Å². The molecule has 0 bridgehead atoms. The molecule has 0 fully saturated rings. The molecule has 0 spiro atoms. The highest BCUT2D eigenvalue weighted by Crippen LogP contribution is 2.29. The third kappa shape index (κ3) is 3.01. The zero-order chi connectivity index (χ0) is 12.1. The van der Waals surface area contributed by atoms with Crippen molar-refractivity contribution in [2.24, 2.45) is 0 Å². The summed E-state index contributed by atoms with van der Waals surface area (Å²) in [6.07, 6.45) is 2.04. The average Bonchev–Trinajstić information content (AvgIpc) is 2.23. The molecule has 0 heterocycles. The number of nitrogens with two attached hydrogens (primary N) is 1. The van der Waals surface area contributed by atoms with Crippen LogP contribution in [0.5, 0.6) is 0 Å². The number of nitrogens with zero attached hydrogens (tertiary/aromatic N) is 1. The monoisotopic (exact) mass is 244 g/mol. The lowest BCUT2D eigenvalue weighted by Crippen LogP contribution is -2.25. The Morgan fingerprint density at radius 1 is 1.25 bits per heavy atom. The Bertz CT molecular complexity index is 349. The maximum absolute atomic E-state index is 13.2. The Balaban J connectivity index is 3.03. The number of anilines is 2. The van der Waals surface area contributed by atoms with Crippen LogP contribution in [0.2, 0.25) is 5.02 Å². The van der Waals surface area contributed by atoms with E-state index in [1.165, 1.54) is 6.07 Å². The molecule has 0 aliphatic carbocycles. The van der Waals surface area contributed by atoms with Crippen molar-refractivity contribution in [3.05, 3.63) is 23.0 Å². The largest absolute Gasteiger partial charge is 0.397 e. The molecule has 4 heteroatoms. The molecular weight excluding hydrogens is 227 g/mol. The third-order valence-electron chi connectivity index (χ3n) is 2.40. The summed E-state index contributed by atoms with van der Waals surface area (Å²) >= 11 is 5.77. The fourth-order valence-electron chi connectivity index (χ4n) is 1.72. The molecule has 2 N–H and O–H groups in total. The molecule has 0 atom stereocenters. The van der Waals surface area contributed by atoms with E-state index < -0.39 is 5.82 Å². The Kier molecular flexibility index (Phi) is 4.87. The molecule has 0 aliphatic rings. The summed E-state index contributed by atoms with van der Waals surface area (Å²) in [4.78, 5) is 2.14. The number of hydrogen-bond acceptors (Lipinski definition) is 2. The van der Waals surface area contributed by atoms with Gasteiger partial charge in [-0.25, -0.2) is 4.39 Å². The number of halogens is 2. The molecule has 1 rings (SSSR count). The quantitative estimate of drug-likeness (QED) is 0.801. The summed E-state index contributed by atoms with van der Waals surface area (Å²) in [5.41, 5.74) is 7.09. The second-order valence-corrected chi connectivity index (χ2v) is 4.22. The van der Waals surface area contributed by atoms with Crippen LogP contribution in [-0.2, 0) is 0 Å². The number of benzene rings is 1. The lowest BCUT2D eigenvalue weighted by molar-refractivity contribution is 0.628. The molecular formula is C12H18ClFN2. The molecule has 1 aromatic carbocycles. The van der Waals surface area contributed by atoms with E-state index in [1.807, 2.05) is 0 Å². The van der Waals surface area contributed by atoms with Gasteiger partial charge in [0.1, 0.15) is 5.82 Å². The highest BCUT2D eigenvalue weighted by Gasteiger charge is 2.11. The minimum atomic E-state index is -0.462. The predicted octanol–water partition coefficient (Wildman–Crippen LogP) is 3.69. The Morgan fingerprint density at radius 2 is 1.81 bits per heavy atom. The van der Waals surface area contributed by atoms with Gasteiger partial charge in [-0.05, 0) is 18.9 Å². The topological polar surface area (TPSA) is 29.3 Å². The molecule has 0 saturated carbocycles. The fraction of sp³-hybridized carbons (Fsp3) is 0.500. The third-order valence-corrected chi connectivity index (χ3v) is 2.69. The van der Waals surface area contributed by atoms with Crippen LogP contribution >= 0.6 is 11.6 Å². The predicted molar refractivity (Wildman–Crippen MR) is 68.6 cm³/mol. The van der Waals surface area contributed by atoms with Gasteiger partial charge in [-0.1, -0.05) is 25.4 Å². The van der Waals surface area contributed by atoms with E-state index in [9.17, 15) is 4.39 Å². The smallest absolute Gasteiger partial charge is 0.143 e. The van der Waals surface area contributed by atoms with Crippen molar-refractivity contribution in [1.82, 2.24) is 0 Å². The minimum absolute atomic E-state index is 0.126. The Labute approximate surface area is 101 Å². The van der Waals surface area contributed by atoms with E-state index in [-0.39, 0.29) is 5.02 Å². The van der Waals surface area contributed by atoms with Crippen LogP contribution in [-0.4, -0.2) is 13.1 Å². The summed E-state index contributed by atoms with van der Waals surface area (Å²) < 4.78 is 13.2. The molecule has 0 amide bonds.